The molecule has 0 aliphatic rings. The molecule has 1 aromatic carbocycles. The number of benzene rings is 1. The van der Waals surface area contributed by atoms with Crippen LogP contribution >= 0.6 is 0 Å². The maximum atomic E-state index is 12.7. The molecular formula is C18H29F3O2Si. The van der Waals surface area contributed by atoms with Gasteiger partial charge in [-0.05, 0) is 44.4 Å². The molecule has 0 saturated carbocycles. The molecule has 0 aliphatic carbocycles. The molecule has 0 N–H and O–H groups in total. The summed E-state index contributed by atoms with van der Waals surface area (Å²) in [7, 11) is -1.47. The Kier molecular flexibility index (Phi) is 10.3. The molecule has 6 heteroatoms. The van der Waals surface area contributed by atoms with Crippen LogP contribution in [-0.4, -0.2) is 22.5 Å². The van der Waals surface area contributed by atoms with Gasteiger partial charge < -0.3 is 8.85 Å². The van der Waals surface area contributed by atoms with E-state index < -0.39 is 21.0 Å². The standard InChI is InChI=1S/C18H29F3O2Si/c1-3-22-24(23-4-2)14-9-7-5-6-8-11-16-12-10-13-17(15-16)18(19,20)21/h10,12-13,15,24H,3-9,11,14H2,1-2H3. The molecule has 24 heavy (non-hydrogen) atoms. The van der Waals surface area contributed by atoms with Crippen LogP contribution in [0.1, 0.15) is 57.1 Å². The number of alkyl halides is 3. The molecule has 0 aromatic heterocycles. The Morgan fingerprint density at radius 1 is 0.917 bits per heavy atom. The van der Waals surface area contributed by atoms with E-state index in [9.17, 15) is 13.2 Å². The molecule has 0 spiro atoms. The van der Waals surface area contributed by atoms with Crippen molar-refractivity contribution in [3.63, 3.8) is 0 Å². The maximum Gasteiger partial charge on any atom is 0.416 e. The van der Waals surface area contributed by atoms with Gasteiger partial charge in [-0.3, -0.25) is 0 Å². The minimum atomic E-state index is -4.25. The van der Waals surface area contributed by atoms with E-state index in [-0.39, 0.29) is 0 Å². The second-order valence-electron chi connectivity index (χ2n) is 5.84. The molecule has 1 rings (SSSR count). The van der Waals surface area contributed by atoms with Crippen LogP contribution in [0.15, 0.2) is 24.3 Å². The van der Waals surface area contributed by atoms with Crippen molar-refractivity contribution in [2.75, 3.05) is 13.2 Å². The molecule has 0 saturated heterocycles. The van der Waals surface area contributed by atoms with Crippen LogP contribution in [0.3, 0.4) is 0 Å². The Morgan fingerprint density at radius 2 is 1.54 bits per heavy atom. The Bertz CT molecular complexity index is 446. The van der Waals surface area contributed by atoms with Crippen LogP contribution in [0.4, 0.5) is 13.2 Å². The maximum absolute atomic E-state index is 12.7. The Hall–Kier alpha value is -0.853. The fraction of sp³-hybridized carbons (Fsp3) is 0.667. The van der Waals surface area contributed by atoms with Gasteiger partial charge in [0.15, 0.2) is 0 Å². The van der Waals surface area contributed by atoms with Crippen molar-refractivity contribution in [1.29, 1.82) is 0 Å². The molecule has 0 amide bonds. The van der Waals surface area contributed by atoms with Crippen molar-refractivity contribution < 1.29 is 22.0 Å². The number of aryl methyl sites for hydroxylation is 1. The molecule has 0 radical (unpaired) electrons. The zero-order valence-corrected chi connectivity index (χ0v) is 15.9. The predicted molar refractivity (Wildman–Crippen MR) is 93.4 cm³/mol. The summed E-state index contributed by atoms with van der Waals surface area (Å²) in [6.45, 7) is 5.42. The van der Waals surface area contributed by atoms with E-state index in [1.165, 1.54) is 12.1 Å². The number of rotatable bonds is 12. The molecular weight excluding hydrogens is 333 g/mol. The summed E-state index contributed by atoms with van der Waals surface area (Å²) < 4.78 is 49.2. The van der Waals surface area contributed by atoms with E-state index in [0.29, 0.717) is 19.6 Å². The fourth-order valence-corrected chi connectivity index (χ4v) is 4.46. The highest BCUT2D eigenvalue weighted by molar-refractivity contribution is 6.44. The zero-order valence-electron chi connectivity index (χ0n) is 14.7. The summed E-state index contributed by atoms with van der Waals surface area (Å²) in [5.74, 6) is 0. The van der Waals surface area contributed by atoms with Crippen LogP contribution < -0.4 is 0 Å². The van der Waals surface area contributed by atoms with Crippen LogP contribution in [-0.2, 0) is 21.4 Å². The fourth-order valence-electron chi connectivity index (χ4n) is 2.66. The Balaban J connectivity index is 2.16. The number of halogens is 3. The first-order valence-corrected chi connectivity index (χ1v) is 10.6. The van der Waals surface area contributed by atoms with E-state index in [2.05, 4.69) is 0 Å². The summed E-state index contributed by atoms with van der Waals surface area (Å²) >= 11 is 0. The highest BCUT2D eigenvalue weighted by Crippen LogP contribution is 2.29. The lowest BCUT2D eigenvalue weighted by Gasteiger charge is -2.14. The lowest BCUT2D eigenvalue weighted by molar-refractivity contribution is -0.137. The molecule has 0 unspecified atom stereocenters. The molecule has 0 fully saturated rings. The van der Waals surface area contributed by atoms with Crippen molar-refractivity contribution in [3.8, 4) is 0 Å². The number of hydrogen-bond donors (Lipinski definition) is 0. The second kappa shape index (κ2) is 11.7. The van der Waals surface area contributed by atoms with E-state index in [1.807, 2.05) is 13.8 Å². The van der Waals surface area contributed by atoms with Gasteiger partial charge in [0.1, 0.15) is 0 Å². The smallest absolute Gasteiger partial charge is 0.397 e. The lowest BCUT2D eigenvalue weighted by atomic mass is 10.0. The van der Waals surface area contributed by atoms with Gasteiger partial charge in [-0.25, -0.2) is 0 Å². The van der Waals surface area contributed by atoms with Gasteiger partial charge >= 0.3 is 15.5 Å². The summed E-state index contributed by atoms with van der Waals surface area (Å²) in [5.41, 5.74) is 0.216. The third-order valence-electron chi connectivity index (χ3n) is 3.86. The minimum absolute atomic E-state index is 0.553. The van der Waals surface area contributed by atoms with Gasteiger partial charge in [-0.1, -0.05) is 43.9 Å². The van der Waals surface area contributed by atoms with Crippen molar-refractivity contribution in [2.45, 2.75) is 64.6 Å². The SMILES string of the molecule is CCO[SiH](CCCCCCCc1cccc(C(F)(F)F)c1)OCC. The van der Waals surface area contributed by atoms with E-state index in [0.717, 1.165) is 49.8 Å². The van der Waals surface area contributed by atoms with Crippen molar-refractivity contribution in [3.05, 3.63) is 35.4 Å². The topological polar surface area (TPSA) is 18.5 Å². The number of hydrogen-bond acceptors (Lipinski definition) is 2. The Labute approximate surface area is 145 Å². The number of unbranched alkanes of at least 4 members (excludes halogenated alkanes) is 4. The third kappa shape index (κ3) is 8.85. The molecule has 0 aliphatic heterocycles. The molecule has 0 bridgehead atoms. The summed E-state index contributed by atoms with van der Waals surface area (Å²) in [6, 6.07) is 6.69. The first-order chi connectivity index (χ1) is 11.5. The van der Waals surface area contributed by atoms with Crippen molar-refractivity contribution in [2.24, 2.45) is 0 Å². The van der Waals surface area contributed by atoms with E-state index in [4.69, 9.17) is 8.85 Å². The molecule has 2 nitrogen and oxygen atoms in total. The largest absolute Gasteiger partial charge is 0.416 e. The van der Waals surface area contributed by atoms with Crippen LogP contribution in [0.2, 0.25) is 6.04 Å². The predicted octanol–water partition coefficient (Wildman–Crippen LogP) is 5.49. The summed E-state index contributed by atoms with van der Waals surface area (Å²) in [5, 5.41) is 0. The first kappa shape index (κ1) is 21.2. The zero-order chi connectivity index (χ0) is 17.8. The molecule has 138 valence electrons. The normalized spacial score (nSPS) is 12.1. The van der Waals surface area contributed by atoms with Gasteiger partial charge in [-0.15, -0.1) is 0 Å². The van der Waals surface area contributed by atoms with Crippen LogP contribution in [0.25, 0.3) is 0 Å². The average Bonchev–Trinajstić information content (AvgIpc) is 2.54. The second-order valence-corrected chi connectivity index (χ2v) is 7.95. The molecule has 1 aromatic rings. The van der Waals surface area contributed by atoms with Crippen molar-refractivity contribution in [1.82, 2.24) is 0 Å². The highest BCUT2D eigenvalue weighted by Gasteiger charge is 2.30. The van der Waals surface area contributed by atoms with Gasteiger partial charge in [0.2, 0.25) is 0 Å². The van der Waals surface area contributed by atoms with E-state index in [1.54, 1.807) is 6.07 Å². The summed E-state index contributed by atoms with van der Waals surface area (Å²) in [6.07, 6.45) is 1.78. The third-order valence-corrected chi connectivity index (χ3v) is 6.15. The van der Waals surface area contributed by atoms with Gasteiger partial charge in [0.25, 0.3) is 0 Å². The van der Waals surface area contributed by atoms with Crippen LogP contribution in [0.5, 0.6) is 0 Å². The quantitative estimate of drug-likeness (QED) is 0.361. The lowest BCUT2D eigenvalue weighted by Crippen LogP contribution is -2.22. The van der Waals surface area contributed by atoms with Crippen LogP contribution in [0, 0.1) is 0 Å². The van der Waals surface area contributed by atoms with Gasteiger partial charge in [0.05, 0.1) is 5.56 Å². The minimum Gasteiger partial charge on any atom is -0.397 e. The van der Waals surface area contributed by atoms with Gasteiger partial charge in [-0.2, -0.15) is 13.2 Å². The Morgan fingerprint density at radius 3 is 2.17 bits per heavy atom. The monoisotopic (exact) mass is 362 g/mol. The van der Waals surface area contributed by atoms with Crippen molar-refractivity contribution >= 4 is 9.28 Å². The van der Waals surface area contributed by atoms with E-state index >= 15 is 0 Å². The highest BCUT2D eigenvalue weighted by atomic mass is 28.3. The first-order valence-electron chi connectivity index (χ1n) is 8.86. The van der Waals surface area contributed by atoms with Gasteiger partial charge in [0, 0.05) is 13.2 Å². The summed E-state index contributed by atoms with van der Waals surface area (Å²) in [4.78, 5) is 0. The molecule has 0 heterocycles. The molecule has 0 atom stereocenters. The average molecular weight is 363 g/mol.